The molecule has 0 bridgehead atoms. The number of aryl methyl sites for hydroxylation is 1. The molecule has 17 heavy (non-hydrogen) atoms. The molecule has 0 aromatic carbocycles. The van der Waals surface area contributed by atoms with Crippen molar-refractivity contribution in [1.29, 1.82) is 0 Å². The summed E-state index contributed by atoms with van der Waals surface area (Å²) < 4.78 is 2.92. The minimum absolute atomic E-state index is 0.149. The third-order valence-corrected chi connectivity index (χ3v) is 2.71. The molecular formula is C12H15N3O2. The van der Waals surface area contributed by atoms with Crippen molar-refractivity contribution in [3.05, 3.63) is 34.9 Å². The Morgan fingerprint density at radius 2 is 2.24 bits per heavy atom. The molecule has 0 aliphatic carbocycles. The SMILES string of the molecule is CCC(=O)CCCn1nc2ccccn2c1=O. The maximum atomic E-state index is 11.9. The molecule has 0 atom stereocenters. The van der Waals surface area contributed by atoms with Gasteiger partial charge in [0, 0.05) is 25.6 Å². The van der Waals surface area contributed by atoms with Crippen LogP contribution in [0.5, 0.6) is 0 Å². The Labute approximate surface area is 98.7 Å². The van der Waals surface area contributed by atoms with Gasteiger partial charge in [-0.05, 0) is 18.6 Å². The number of carbonyl (C=O) groups excluding carboxylic acids is 1. The number of Topliss-reactive ketones (excluding diaryl/α,β-unsaturated/α-hetero) is 1. The molecule has 2 rings (SSSR count). The normalized spacial score (nSPS) is 10.9. The molecule has 0 fully saturated rings. The van der Waals surface area contributed by atoms with Crippen LogP contribution in [0, 0.1) is 0 Å². The third-order valence-electron chi connectivity index (χ3n) is 2.71. The Hall–Kier alpha value is -1.91. The Morgan fingerprint density at radius 3 is 2.94 bits per heavy atom. The van der Waals surface area contributed by atoms with Gasteiger partial charge in [0.2, 0.25) is 0 Å². The van der Waals surface area contributed by atoms with Crippen LogP contribution >= 0.6 is 0 Å². The first-order valence-corrected chi connectivity index (χ1v) is 5.78. The summed E-state index contributed by atoms with van der Waals surface area (Å²) in [6.45, 7) is 2.34. The van der Waals surface area contributed by atoms with Gasteiger partial charge in [-0.25, -0.2) is 9.48 Å². The highest BCUT2D eigenvalue weighted by Gasteiger charge is 2.06. The number of fused-ring (bicyclic) bond motifs is 1. The fraction of sp³-hybridized carbons (Fsp3) is 0.417. The summed E-state index contributed by atoms with van der Waals surface area (Å²) in [5.74, 6) is 0.224. The van der Waals surface area contributed by atoms with Crippen molar-refractivity contribution in [3.63, 3.8) is 0 Å². The van der Waals surface area contributed by atoms with Crippen molar-refractivity contribution < 1.29 is 4.79 Å². The van der Waals surface area contributed by atoms with Gasteiger partial charge in [0.25, 0.3) is 0 Å². The summed E-state index contributed by atoms with van der Waals surface area (Å²) in [7, 11) is 0. The summed E-state index contributed by atoms with van der Waals surface area (Å²) in [5, 5.41) is 4.19. The van der Waals surface area contributed by atoms with Gasteiger partial charge in [0.15, 0.2) is 5.65 Å². The molecule has 0 radical (unpaired) electrons. The van der Waals surface area contributed by atoms with E-state index < -0.39 is 0 Å². The van der Waals surface area contributed by atoms with Gasteiger partial charge in [-0.1, -0.05) is 13.0 Å². The van der Waals surface area contributed by atoms with Crippen molar-refractivity contribution >= 4 is 11.4 Å². The molecule has 2 heterocycles. The number of ketones is 1. The zero-order chi connectivity index (χ0) is 12.3. The summed E-state index contributed by atoms with van der Waals surface area (Å²) in [6, 6.07) is 5.42. The lowest BCUT2D eigenvalue weighted by atomic mass is 10.2. The topological polar surface area (TPSA) is 56.4 Å². The molecule has 0 saturated heterocycles. The van der Waals surface area contributed by atoms with Gasteiger partial charge in [-0.2, -0.15) is 0 Å². The average Bonchev–Trinajstić information content (AvgIpc) is 2.67. The van der Waals surface area contributed by atoms with Gasteiger partial charge < -0.3 is 0 Å². The number of rotatable bonds is 5. The molecule has 2 aromatic heterocycles. The zero-order valence-corrected chi connectivity index (χ0v) is 9.80. The van der Waals surface area contributed by atoms with Gasteiger partial charge >= 0.3 is 5.69 Å². The first-order chi connectivity index (χ1) is 8.22. The largest absolute Gasteiger partial charge is 0.350 e. The quantitative estimate of drug-likeness (QED) is 0.781. The van der Waals surface area contributed by atoms with Crippen LogP contribution in [0.3, 0.4) is 0 Å². The predicted molar refractivity (Wildman–Crippen MR) is 64.0 cm³/mol. The molecule has 0 aliphatic rings. The highest BCUT2D eigenvalue weighted by atomic mass is 16.2. The second-order valence-corrected chi connectivity index (χ2v) is 3.93. The van der Waals surface area contributed by atoms with Crippen molar-refractivity contribution in [2.75, 3.05) is 0 Å². The highest BCUT2D eigenvalue weighted by molar-refractivity contribution is 5.77. The van der Waals surface area contributed by atoms with Crippen molar-refractivity contribution in [2.24, 2.45) is 0 Å². The molecule has 0 amide bonds. The molecule has 5 heteroatoms. The fourth-order valence-electron chi connectivity index (χ4n) is 1.72. The Morgan fingerprint density at radius 1 is 1.41 bits per heavy atom. The Bertz CT molecular complexity index is 583. The van der Waals surface area contributed by atoms with Crippen LogP contribution in [0.15, 0.2) is 29.2 Å². The van der Waals surface area contributed by atoms with E-state index in [1.54, 1.807) is 18.3 Å². The van der Waals surface area contributed by atoms with Crippen LogP contribution in [-0.4, -0.2) is 20.0 Å². The van der Waals surface area contributed by atoms with E-state index in [1.165, 1.54) is 9.08 Å². The zero-order valence-electron chi connectivity index (χ0n) is 9.80. The summed E-state index contributed by atoms with van der Waals surface area (Å²) in [4.78, 5) is 23.0. The number of carbonyl (C=O) groups is 1. The van der Waals surface area contributed by atoms with E-state index in [4.69, 9.17) is 0 Å². The number of nitrogens with zero attached hydrogens (tertiary/aromatic N) is 3. The van der Waals surface area contributed by atoms with Crippen LogP contribution in [0.1, 0.15) is 26.2 Å². The first kappa shape index (κ1) is 11.6. The maximum absolute atomic E-state index is 11.9. The standard InChI is InChI=1S/C12H15N3O2/c1-2-10(16)6-5-9-15-12(17)14-8-4-3-7-11(14)13-15/h3-4,7-8H,2,5-6,9H2,1H3. The van der Waals surface area contributed by atoms with Crippen LogP contribution in [0.4, 0.5) is 0 Å². The second kappa shape index (κ2) is 4.95. The van der Waals surface area contributed by atoms with E-state index in [1.807, 2.05) is 13.0 Å². The Kier molecular flexibility index (Phi) is 3.37. The van der Waals surface area contributed by atoms with E-state index in [0.717, 1.165) is 0 Å². The minimum atomic E-state index is -0.149. The van der Waals surface area contributed by atoms with Crippen molar-refractivity contribution in [1.82, 2.24) is 14.2 Å². The minimum Gasteiger partial charge on any atom is -0.300 e. The van der Waals surface area contributed by atoms with E-state index in [9.17, 15) is 9.59 Å². The molecule has 5 nitrogen and oxygen atoms in total. The van der Waals surface area contributed by atoms with Gasteiger partial charge in [-0.15, -0.1) is 5.10 Å². The molecule has 0 N–H and O–H groups in total. The van der Waals surface area contributed by atoms with E-state index in [2.05, 4.69) is 5.10 Å². The number of aromatic nitrogens is 3. The van der Waals surface area contributed by atoms with E-state index >= 15 is 0 Å². The molecule has 90 valence electrons. The monoisotopic (exact) mass is 233 g/mol. The Balaban J connectivity index is 2.11. The van der Waals surface area contributed by atoms with Crippen molar-refractivity contribution in [3.8, 4) is 0 Å². The number of hydrogen-bond donors (Lipinski definition) is 0. The van der Waals surface area contributed by atoms with Crippen LogP contribution < -0.4 is 5.69 Å². The lowest BCUT2D eigenvalue weighted by molar-refractivity contribution is -0.118. The van der Waals surface area contributed by atoms with Gasteiger partial charge in [-0.3, -0.25) is 9.20 Å². The fourth-order valence-corrected chi connectivity index (χ4v) is 1.72. The predicted octanol–water partition coefficient (Wildman–Crippen LogP) is 1.26. The average molecular weight is 233 g/mol. The summed E-state index contributed by atoms with van der Waals surface area (Å²) in [6.07, 6.45) is 3.42. The summed E-state index contributed by atoms with van der Waals surface area (Å²) >= 11 is 0. The molecule has 0 spiro atoms. The highest BCUT2D eigenvalue weighted by Crippen LogP contribution is 1.99. The van der Waals surface area contributed by atoms with Gasteiger partial charge in [0.1, 0.15) is 5.78 Å². The van der Waals surface area contributed by atoms with E-state index in [0.29, 0.717) is 31.5 Å². The molecule has 2 aromatic rings. The number of hydrogen-bond acceptors (Lipinski definition) is 3. The summed E-state index contributed by atoms with van der Waals surface area (Å²) in [5.41, 5.74) is 0.490. The lowest BCUT2D eigenvalue weighted by Crippen LogP contribution is -2.21. The van der Waals surface area contributed by atoms with Crippen LogP contribution in [0.25, 0.3) is 5.65 Å². The molecule has 0 aliphatic heterocycles. The number of pyridine rings is 1. The lowest BCUT2D eigenvalue weighted by Gasteiger charge is -1.97. The van der Waals surface area contributed by atoms with Crippen LogP contribution in [-0.2, 0) is 11.3 Å². The van der Waals surface area contributed by atoms with E-state index in [-0.39, 0.29) is 11.5 Å². The molecule has 0 unspecified atom stereocenters. The van der Waals surface area contributed by atoms with Crippen molar-refractivity contribution in [2.45, 2.75) is 32.7 Å². The smallest absolute Gasteiger partial charge is 0.300 e. The van der Waals surface area contributed by atoms with Gasteiger partial charge in [0.05, 0.1) is 0 Å². The third kappa shape index (κ3) is 2.43. The van der Waals surface area contributed by atoms with Crippen LogP contribution in [0.2, 0.25) is 0 Å². The molecular weight excluding hydrogens is 218 g/mol. The maximum Gasteiger partial charge on any atom is 0.350 e. The second-order valence-electron chi connectivity index (χ2n) is 3.93. The first-order valence-electron chi connectivity index (χ1n) is 5.78. The molecule has 0 saturated carbocycles.